The summed E-state index contributed by atoms with van der Waals surface area (Å²) in [4.78, 5) is 17.1. The van der Waals surface area contributed by atoms with E-state index in [-0.39, 0.29) is 17.3 Å². The minimum absolute atomic E-state index is 0.130. The topological polar surface area (TPSA) is 107 Å². The first kappa shape index (κ1) is 20.1. The summed E-state index contributed by atoms with van der Waals surface area (Å²) < 4.78 is 5.93. The highest BCUT2D eigenvalue weighted by Crippen LogP contribution is 2.32. The molecule has 0 atom stereocenters. The number of phenolic OH excluding ortho intramolecular Hbond substituents is 1. The van der Waals surface area contributed by atoms with E-state index in [1.54, 1.807) is 54.7 Å². The van der Waals surface area contributed by atoms with E-state index in [9.17, 15) is 9.90 Å². The van der Waals surface area contributed by atoms with Crippen molar-refractivity contribution in [3.63, 3.8) is 0 Å². The van der Waals surface area contributed by atoms with Gasteiger partial charge in [-0.3, -0.25) is 4.98 Å². The van der Waals surface area contributed by atoms with Crippen LogP contribution < -0.4 is 15.4 Å². The summed E-state index contributed by atoms with van der Waals surface area (Å²) in [6.07, 6.45) is 1.56. The van der Waals surface area contributed by atoms with Crippen LogP contribution in [0.5, 0.6) is 17.2 Å². The Kier molecular flexibility index (Phi) is 5.60. The van der Waals surface area contributed by atoms with E-state index in [1.807, 2.05) is 12.1 Å². The average molecular weight is 428 g/mol. The number of thiol groups is 1. The molecule has 2 amide bonds. The summed E-state index contributed by atoms with van der Waals surface area (Å²) in [5.74, 6) is 0.897. The van der Waals surface area contributed by atoms with Gasteiger partial charge in [-0.1, -0.05) is 6.07 Å². The lowest BCUT2D eigenvalue weighted by Crippen LogP contribution is -2.19. The maximum atomic E-state index is 12.2. The number of urea groups is 1. The highest BCUT2D eigenvalue weighted by Gasteiger charge is 2.10. The lowest BCUT2D eigenvalue weighted by Gasteiger charge is -2.11. The molecule has 0 saturated heterocycles. The number of amides is 2. The number of aromatic nitrogens is 1. The number of benzene rings is 3. The SMILES string of the molecule is N#Cc1cc2c(Oc3ccc(NC(=O)Nc4cccc(S)c4)cc3)ccnc2cc1O. The van der Waals surface area contributed by atoms with Crippen LogP contribution in [0.1, 0.15) is 5.56 Å². The third-order valence-electron chi connectivity index (χ3n) is 4.38. The molecule has 8 heteroatoms. The van der Waals surface area contributed by atoms with Gasteiger partial charge in [-0.2, -0.15) is 5.26 Å². The molecule has 0 aliphatic heterocycles. The fourth-order valence-electron chi connectivity index (χ4n) is 2.95. The van der Waals surface area contributed by atoms with Gasteiger partial charge in [-0.05, 0) is 54.6 Å². The van der Waals surface area contributed by atoms with Crippen LogP contribution in [-0.4, -0.2) is 16.1 Å². The van der Waals surface area contributed by atoms with Crippen LogP contribution in [0.4, 0.5) is 16.2 Å². The normalized spacial score (nSPS) is 10.3. The van der Waals surface area contributed by atoms with Crippen molar-refractivity contribution in [2.75, 3.05) is 10.6 Å². The second-order valence-corrected chi connectivity index (χ2v) is 7.08. The minimum Gasteiger partial charge on any atom is -0.506 e. The van der Waals surface area contributed by atoms with Gasteiger partial charge in [0.05, 0.1) is 11.1 Å². The van der Waals surface area contributed by atoms with Crippen LogP contribution >= 0.6 is 12.6 Å². The first-order valence-corrected chi connectivity index (χ1v) is 9.63. The molecule has 0 aliphatic rings. The maximum Gasteiger partial charge on any atom is 0.323 e. The van der Waals surface area contributed by atoms with Crippen molar-refractivity contribution in [3.05, 3.63) is 78.5 Å². The third-order valence-corrected chi connectivity index (χ3v) is 4.66. The first-order valence-electron chi connectivity index (χ1n) is 9.18. The fraction of sp³-hybridized carbons (Fsp3) is 0. The number of pyridine rings is 1. The highest BCUT2D eigenvalue weighted by atomic mass is 32.1. The number of carbonyl (C=O) groups excluding carboxylic acids is 1. The molecule has 4 aromatic rings. The van der Waals surface area contributed by atoms with E-state index in [2.05, 4.69) is 28.2 Å². The molecule has 0 unspecified atom stereocenters. The van der Waals surface area contributed by atoms with E-state index in [1.165, 1.54) is 12.1 Å². The first-order chi connectivity index (χ1) is 15.0. The molecule has 3 N–H and O–H groups in total. The van der Waals surface area contributed by atoms with Gasteiger partial charge >= 0.3 is 6.03 Å². The number of carbonyl (C=O) groups is 1. The van der Waals surface area contributed by atoms with Gasteiger partial charge < -0.3 is 20.5 Å². The molecule has 0 fully saturated rings. The Morgan fingerprint density at radius 3 is 2.55 bits per heavy atom. The van der Waals surface area contributed by atoms with Gasteiger partial charge in [-0.25, -0.2) is 4.79 Å². The van der Waals surface area contributed by atoms with Crippen LogP contribution in [-0.2, 0) is 0 Å². The number of nitrogens with one attached hydrogen (secondary N) is 2. The number of hydrogen-bond donors (Lipinski definition) is 4. The number of anilines is 2. The van der Waals surface area contributed by atoms with Crippen LogP contribution in [0, 0.1) is 11.3 Å². The van der Waals surface area contributed by atoms with Gasteiger partial charge in [0.15, 0.2) is 0 Å². The standard InChI is InChI=1S/C23H16N4O3S/c24-13-14-10-19-20(12-21(14)28)25-9-8-22(19)30-17-6-4-15(5-7-17)26-23(29)27-16-2-1-3-18(31)11-16/h1-12,28,31H,(H2,26,27,29). The number of ether oxygens (including phenoxy) is 1. The van der Waals surface area contributed by atoms with Crippen molar-refractivity contribution in [1.29, 1.82) is 5.26 Å². The molecule has 152 valence electrons. The summed E-state index contributed by atoms with van der Waals surface area (Å²) in [6.45, 7) is 0. The Morgan fingerprint density at radius 2 is 1.81 bits per heavy atom. The molecule has 0 spiro atoms. The zero-order valence-corrected chi connectivity index (χ0v) is 16.9. The van der Waals surface area contributed by atoms with Gasteiger partial charge in [0, 0.05) is 33.9 Å². The smallest absolute Gasteiger partial charge is 0.323 e. The van der Waals surface area contributed by atoms with E-state index in [0.717, 1.165) is 4.90 Å². The summed E-state index contributed by atoms with van der Waals surface area (Å²) in [5.41, 5.74) is 1.87. The largest absolute Gasteiger partial charge is 0.506 e. The molecule has 31 heavy (non-hydrogen) atoms. The quantitative estimate of drug-likeness (QED) is 0.319. The molecule has 0 bridgehead atoms. The molecule has 7 nitrogen and oxygen atoms in total. The van der Waals surface area contributed by atoms with Crippen molar-refractivity contribution in [3.8, 4) is 23.3 Å². The Hall–Kier alpha value is -4.22. The molecular formula is C23H16N4O3S. The Balaban J connectivity index is 1.48. The average Bonchev–Trinajstić information content (AvgIpc) is 2.75. The van der Waals surface area contributed by atoms with Crippen molar-refractivity contribution in [2.24, 2.45) is 0 Å². The molecule has 0 radical (unpaired) electrons. The summed E-state index contributed by atoms with van der Waals surface area (Å²) >= 11 is 4.25. The van der Waals surface area contributed by atoms with Crippen molar-refractivity contribution >= 4 is 40.9 Å². The van der Waals surface area contributed by atoms with Gasteiger partial charge in [0.1, 0.15) is 23.3 Å². The number of rotatable bonds is 4. The molecule has 0 aliphatic carbocycles. The maximum absolute atomic E-state index is 12.2. The van der Waals surface area contributed by atoms with E-state index in [0.29, 0.717) is 33.8 Å². The van der Waals surface area contributed by atoms with Crippen molar-refractivity contribution in [2.45, 2.75) is 4.90 Å². The fourth-order valence-corrected chi connectivity index (χ4v) is 3.17. The number of phenols is 1. The molecule has 1 aromatic heterocycles. The minimum atomic E-state index is -0.378. The third kappa shape index (κ3) is 4.69. The monoisotopic (exact) mass is 428 g/mol. The summed E-state index contributed by atoms with van der Waals surface area (Å²) in [6, 6.07) is 20.2. The van der Waals surface area contributed by atoms with Gasteiger partial charge in [0.2, 0.25) is 0 Å². The highest BCUT2D eigenvalue weighted by molar-refractivity contribution is 7.80. The Morgan fingerprint density at radius 1 is 1.03 bits per heavy atom. The molecule has 0 saturated carbocycles. The number of nitrogens with zero attached hydrogens (tertiary/aromatic N) is 2. The lowest BCUT2D eigenvalue weighted by molar-refractivity contribution is 0.262. The van der Waals surface area contributed by atoms with Gasteiger partial charge in [0.25, 0.3) is 0 Å². The molecule has 1 heterocycles. The summed E-state index contributed by atoms with van der Waals surface area (Å²) in [7, 11) is 0. The zero-order chi connectivity index (χ0) is 21.8. The predicted octanol–water partition coefficient (Wildman–Crippen LogP) is 5.54. The molecule has 4 rings (SSSR count). The van der Waals surface area contributed by atoms with E-state index >= 15 is 0 Å². The lowest BCUT2D eigenvalue weighted by atomic mass is 10.1. The van der Waals surface area contributed by atoms with Crippen LogP contribution in [0.15, 0.2) is 77.8 Å². The molecular weight excluding hydrogens is 412 g/mol. The van der Waals surface area contributed by atoms with Crippen LogP contribution in [0.2, 0.25) is 0 Å². The van der Waals surface area contributed by atoms with Gasteiger partial charge in [-0.15, -0.1) is 12.6 Å². The number of fused-ring (bicyclic) bond motifs is 1. The van der Waals surface area contributed by atoms with Crippen molar-refractivity contribution in [1.82, 2.24) is 4.98 Å². The second-order valence-electron chi connectivity index (χ2n) is 6.56. The number of hydrogen-bond acceptors (Lipinski definition) is 6. The van der Waals surface area contributed by atoms with Crippen LogP contribution in [0.3, 0.4) is 0 Å². The van der Waals surface area contributed by atoms with Crippen LogP contribution in [0.25, 0.3) is 10.9 Å². The molecule has 3 aromatic carbocycles. The van der Waals surface area contributed by atoms with E-state index in [4.69, 9.17) is 10.00 Å². The number of nitriles is 1. The predicted molar refractivity (Wildman–Crippen MR) is 121 cm³/mol. The second kappa shape index (κ2) is 8.65. The Bertz CT molecular complexity index is 1320. The van der Waals surface area contributed by atoms with Crippen molar-refractivity contribution < 1.29 is 14.6 Å². The van der Waals surface area contributed by atoms with E-state index < -0.39 is 0 Å². The number of aromatic hydroxyl groups is 1. The summed E-state index contributed by atoms with van der Waals surface area (Å²) in [5, 5.41) is 25.1. The zero-order valence-electron chi connectivity index (χ0n) is 16.0. The Labute approximate surface area is 183 Å².